The molecule has 116 valence electrons. The third-order valence-electron chi connectivity index (χ3n) is 2.99. The Balaban J connectivity index is 2.68. The van der Waals surface area contributed by atoms with Crippen molar-refractivity contribution in [2.24, 2.45) is 11.8 Å². The predicted octanol–water partition coefficient (Wildman–Crippen LogP) is 3.97. The molecule has 1 rings (SSSR count). The van der Waals surface area contributed by atoms with Crippen molar-refractivity contribution in [2.45, 2.75) is 26.7 Å². The molecule has 21 heavy (non-hydrogen) atoms. The second-order valence-electron chi connectivity index (χ2n) is 5.43. The van der Waals surface area contributed by atoms with Gasteiger partial charge in [-0.15, -0.1) is 0 Å². The molecule has 0 saturated heterocycles. The van der Waals surface area contributed by atoms with Crippen LogP contribution in [0.3, 0.4) is 0 Å². The minimum Gasteiger partial charge on any atom is -0.481 e. The zero-order valence-electron chi connectivity index (χ0n) is 12.0. The van der Waals surface area contributed by atoms with Crippen molar-refractivity contribution < 1.29 is 14.7 Å². The number of nitrogens with one attached hydrogen (secondary N) is 1. The summed E-state index contributed by atoms with van der Waals surface area (Å²) in [6.07, 6.45) is 0.795. The minimum absolute atomic E-state index is 0.0463. The van der Waals surface area contributed by atoms with Crippen molar-refractivity contribution in [3.63, 3.8) is 0 Å². The van der Waals surface area contributed by atoms with E-state index >= 15 is 0 Å². The first kappa shape index (κ1) is 18.0. The fourth-order valence-electron chi connectivity index (χ4n) is 2.16. The summed E-state index contributed by atoms with van der Waals surface area (Å²) in [5, 5.41) is 12.1. The summed E-state index contributed by atoms with van der Waals surface area (Å²) in [6.45, 7) is 4.38. The van der Waals surface area contributed by atoms with Gasteiger partial charge in [-0.3, -0.25) is 9.59 Å². The van der Waals surface area contributed by atoms with Gasteiger partial charge in [0, 0.05) is 17.4 Å². The highest BCUT2D eigenvalue weighted by Gasteiger charge is 2.17. The number of carboxylic acids is 1. The van der Waals surface area contributed by atoms with Gasteiger partial charge in [0.2, 0.25) is 0 Å². The monoisotopic (exact) mass is 375 g/mol. The van der Waals surface area contributed by atoms with E-state index in [4.69, 9.17) is 16.7 Å². The van der Waals surface area contributed by atoms with E-state index in [2.05, 4.69) is 21.2 Å². The topological polar surface area (TPSA) is 66.4 Å². The molecule has 0 fully saturated rings. The molecule has 0 aromatic heterocycles. The molecule has 0 aliphatic carbocycles. The highest BCUT2D eigenvalue weighted by molar-refractivity contribution is 9.10. The Morgan fingerprint density at radius 1 is 1.38 bits per heavy atom. The third-order valence-corrected chi connectivity index (χ3v) is 3.82. The average molecular weight is 377 g/mol. The second-order valence-corrected chi connectivity index (χ2v) is 6.75. The standard InChI is InChI=1S/C15H19BrClNO3/c1-9(2)5-10(6-14(19)20)8-18-15(21)12-7-11(16)3-4-13(12)17/h3-4,7,9-10H,5-6,8H2,1-2H3,(H,18,21)(H,19,20)/t10-/m0/s1. The van der Waals surface area contributed by atoms with Crippen LogP contribution in [-0.2, 0) is 4.79 Å². The van der Waals surface area contributed by atoms with E-state index in [0.717, 1.165) is 10.9 Å². The van der Waals surface area contributed by atoms with Crippen molar-refractivity contribution in [3.05, 3.63) is 33.3 Å². The lowest BCUT2D eigenvalue weighted by atomic mass is 9.94. The molecule has 0 unspecified atom stereocenters. The van der Waals surface area contributed by atoms with E-state index < -0.39 is 5.97 Å². The van der Waals surface area contributed by atoms with Crippen molar-refractivity contribution >= 4 is 39.4 Å². The summed E-state index contributed by atoms with van der Waals surface area (Å²) in [5.74, 6) is -0.853. The smallest absolute Gasteiger partial charge is 0.303 e. The molecule has 2 N–H and O–H groups in total. The van der Waals surface area contributed by atoms with E-state index in [1.165, 1.54) is 0 Å². The van der Waals surface area contributed by atoms with Gasteiger partial charge in [-0.05, 0) is 36.5 Å². The number of carboxylic acid groups (broad SMARTS) is 1. The lowest BCUT2D eigenvalue weighted by Gasteiger charge is -2.18. The second kappa shape index (κ2) is 8.39. The maximum absolute atomic E-state index is 12.1. The molecule has 0 spiro atoms. The lowest BCUT2D eigenvalue weighted by molar-refractivity contribution is -0.138. The summed E-state index contributed by atoms with van der Waals surface area (Å²) in [7, 11) is 0. The van der Waals surface area contributed by atoms with Gasteiger partial charge in [0.05, 0.1) is 10.6 Å². The Morgan fingerprint density at radius 2 is 2.05 bits per heavy atom. The van der Waals surface area contributed by atoms with E-state index in [0.29, 0.717) is 23.0 Å². The lowest BCUT2D eigenvalue weighted by Crippen LogP contribution is -2.31. The number of carbonyl (C=O) groups excluding carboxylic acids is 1. The maximum atomic E-state index is 12.1. The van der Waals surface area contributed by atoms with Crippen LogP contribution >= 0.6 is 27.5 Å². The first-order chi connectivity index (χ1) is 9.79. The SMILES string of the molecule is CC(C)C[C@H](CNC(=O)c1cc(Br)ccc1Cl)CC(=O)O. The van der Waals surface area contributed by atoms with Gasteiger partial charge in [-0.2, -0.15) is 0 Å². The van der Waals surface area contributed by atoms with E-state index in [1.54, 1.807) is 18.2 Å². The fourth-order valence-corrected chi connectivity index (χ4v) is 2.72. The van der Waals surface area contributed by atoms with Gasteiger partial charge in [0.25, 0.3) is 5.91 Å². The van der Waals surface area contributed by atoms with Crippen LogP contribution in [0.1, 0.15) is 37.0 Å². The number of rotatable bonds is 7. The molecule has 0 saturated carbocycles. The maximum Gasteiger partial charge on any atom is 0.303 e. The van der Waals surface area contributed by atoms with Gasteiger partial charge in [0.15, 0.2) is 0 Å². The van der Waals surface area contributed by atoms with Gasteiger partial charge in [-0.25, -0.2) is 0 Å². The number of halogens is 2. The Hall–Kier alpha value is -1.07. The Bertz CT molecular complexity index is 520. The molecule has 0 aliphatic rings. The molecule has 0 heterocycles. The molecule has 0 radical (unpaired) electrons. The number of carbonyl (C=O) groups is 2. The van der Waals surface area contributed by atoms with E-state index in [-0.39, 0.29) is 18.2 Å². The van der Waals surface area contributed by atoms with Gasteiger partial charge in [0.1, 0.15) is 0 Å². The Labute approximate surface area is 138 Å². The van der Waals surface area contributed by atoms with Crippen molar-refractivity contribution in [1.82, 2.24) is 5.32 Å². The molecule has 0 bridgehead atoms. The molecular weight excluding hydrogens is 358 g/mol. The van der Waals surface area contributed by atoms with Crippen LogP contribution in [0.2, 0.25) is 5.02 Å². The quantitative estimate of drug-likeness (QED) is 0.756. The first-order valence-electron chi connectivity index (χ1n) is 6.74. The van der Waals surface area contributed by atoms with Crippen LogP contribution < -0.4 is 5.32 Å². The summed E-state index contributed by atoms with van der Waals surface area (Å²) < 4.78 is 0.765. The molecule has 1 aromatic rings. The Kier molecular flexibility index (Phi) is 7.18. The summed E-state index contributed by atoms with van der Waals surface area (Å²) in [4.78, 5) is 23.0. The summed E-state index contributed by atoms with van der Waals surface area (Å²) in [5.41, 5.74) is 0.379. The zero-order chi connectivity index (χ0) is 16.0. The van der Waals surface area contributed by atoms with E-state index in [1.807, 2.05) is 13.8 Å². The Morgan fingerprint density at radius 3 is 2.62 bits per heavy atom. The van der Waals surface area contributed by atoms with Crippen LogP contribution in [0.25, 0.3) is 0 Å². The van der Waals surface area contributed by atoms with Crippen molar-refractivity contribution in [3.8, 4) is 0 Å². The zero-order valence-corrected chi connectivity index (χ0v) is 14.4. The van der Waals surface area contributed by atoms with Gasteiger partial charge >= 0.3 is 5.97 Å². The van der Waals surface area contributed by atoms with Crippen LogP contribution in [0.15, 0.2) is 22.7 Å². The minimum atomic E-state index is -0.851. The molecule has 4 nitrogen and oxygen atoms in total. The number of amides is 1. The van der Waals surface area contributed by atoms with Crippen LogP contribution in [-0.4, -0.2) is 23.5 Å². The first-order valence-corrected chi connectivity index (χ1v) is 7.91. The predicted molar refractivity (Wildman–Crippen MR) is 86.7 cm³/mol. The molecule has 6 heteroatoms. The normalized spacial score (nSPS) is 12.2. The summed E-state index contributed by atoms with van der Waals surface area (Å²) >= 11 is 9.29. The van der Waals surface area contributed by atoms with Gasteiger partial charge < -0.3 is 10.4 Å². The third kappa shape index (κ3) is 6.48. The van der Waals surface area contributed by atoms with Crippen LogP contribution in [0.4, 0.5) is 0 Å². The number of hydrogen-bond donors (Lipinski definition) is 2. The highest BCUT2D eigenvalue weighted by atomic mass is 79.9. The number of aliphatic carboxylic acids is 1. The van der Waals surface area contributed by atoms with Crippen molar-refractivity contribution in [2.75, 3.05) is 6.54 Å². The molecule has 0 aliphatic heterocycles. The van der Waals surface area contributed by atoms with E-state index in [9.17, 15) is 9.59 Å². The molecule has 1 aromatic carbocycles. The van der Waals surface area contributed by atoms with Crippen molar-refractivity contribution in [1.29, 1.82) is 0 Å². The highest BCUT2D eigenvalue weighted by Crippen LogP contribution is 2.21. The molecule has 1 amide bonds. The fraction of sp³-hybridized carbons (Fsp3) is 0.467. The average Bonchev–Trinajstić information content (AvgIpc) is 2.37. The largest absolute Gasteiger partial charge is 0.481 e. The van der Waals surface area contributed by atoms with Gasteiger partial charge in [-0.1, -0.05) is 41.4 Å². The molecule has 1 atom stereocenters. The summed E-state index contributed by atoms with van der Waals surface area (Å²) in [6, 6.07) is 5.04. The van der Waals surface area contributed by atoms with Crippen LogP contribution in [0.5, 0.6) is 0 Å². The number of benzene rings is 1. The van der Waals surface area contributed by atoms with Crippen LogP contribution in [0, 0.1) is 11.8 Å². The number of hydrogen-bond acceptors (Lipinski definition) is 2. The molecular formula is C15H19BrClNO3.